The Balaban J connectivity index is 1.69. The number of likely N-dealkylation sites (N-methyl/N-ethyl adjacent to an activating group) is 1. The Labute approximate surface area is 129 Å². The van der Waals surface area contributed by atoms with Gasteiger partial charge in [0.15, 0.2) is 0 Å². The van der Waals surface area contributed by atoms with Crippen LogP contribution in [0.2, 0.25) is 0 Å². The van der Waals surface area contributed by atoms with E-state index in [1.165, 1.54) is 44.3 Å². The van der Waals surface area contributed by atoms with E-state index < -0.39 is 0 Å². The average molecular weight is 286 g/mol. The molecule has 3 rings (SSSR count). The SMILES string of the molecule is CNC1CCC(C)(C)CC1N1CCC(c2ccccc2)C1. The Hall–Kier alpha value is -0.860. The first-order valence-electron chi connectivity index (χ1n) is 8.55. The molecule has 1 saturated carbocycles. The summed E-state index contributed by atoms with van der Waals surface area (Å²) in [4.78, 5) is 2.76. The normalized spacial score (nSPS) is 33.2. The van der Waals surface area contributed by atoms with Crippen LogP contribution in [0.3, 0.4) is 0 Å². The highest BCUT2D eigenvalue weighted by Crippen LogP contribution is 2.40. The summed E-state index contributed by atoms with van der Waals surface area (Å²) in [6.45, 7) is 7.38. The first-order chi connectivity index (χ1) is 10.1. The monoisotopic (exact) mass is 286 g/mol. The Morgan fingerprint density at radius 2 is 1.90 bits per heavy atom. The Kier molecular flexibility index (Phi) is 4.37. The van der Waals surface area contributed by atoms with Gasteiger partial charge in [-0.05, 0) is 56.2 Å². The van der Waals surface area contributed by atoms with Gasteiger partial charge >= 0.3 is 0 Å². The van der Waals surface area contributed by atoms with E-state index in [1.807, 2.05) is 0 Å². The van der Waals surface area contributed by atoms with E-state index in [4.69, 9.17) is 0 Å². The summed E-state index contributed by atoms with van der Waals surface area (Å²) >= 11 is 0. The van der Waals surface area contributed by atoms with Crippen molar-refractivity contribution in [2.45, 2.75) is 57.5 Å². The molecule has 0 spiro atoms. The van der Waals surface area contributed by atoms with Gasteiger partial charge in [-0.3, -0.25) is 4.90 Å². The van der Waals surface area contributed by atoms with Crippen molar-refractivity contribution in [2.24, 2.45) is 5.41 Å². The van der Waals surface area contributed by atoms with E-state index in [0.717, 1.165) is 5.92 Å². The second-order valence-electron chi connectivity index (χ2n) is 7.76. The van der Waals surface area contributed by atoms with Crippen molar-refractivity contribution < 1.29 is 0 Å². The third-order valence-corrected chi connectivity index (χ3v) is 5.69. The van der Waals surface area contributed by atoms with Crippen molar-refractivity contribution in [1.82, 2.24) is 10.2 Å². The topological polar surface area (TPSA) is 15.3 Å². The van der Waals surface area contributed by atoms with Gasteiger partial charge in [-0.25, -0.2) is 0 Å². The van der Waals surface area contributed by atoms with Gasteiger partial charge in [0.05, 0.1) is 0 Å². The number of hydrogen-bond donors (Lipinski definition) is 1. The Morgan fingerprint density at radius 3 is 2.62 bits per heavy atom. The smallest absolute Gasteiger partial charge is 0.0254 e. The lowest BCUT2D eigenvalue weighted by Crippen LogP contribution is -2.53. The van der Waals surface area contributed by atoms with Gasteiger partial charge in [0.25, 0.3) is 0 Å². The fraction of sp³-hybridized carbons (Fsp3) is 0.684. The maximum atomic E-state index is 3.58. The zero-order valence-electron chi connectivity index (χ0n) is 13.8. The quantitative estimate of drug-likeness (QED) is 0.912. The van der Waals surface area contributed by atoms with Crippen LogP contribution in [0.1, 0.15) is 51.0 Å². The van der Waals surface area contributed by atoms with Gasteiger partial charge in [-0.1, -0.05) is 44.2 Å². The third-order valence-electron chi connectivity index (χ3n) is 5.69. The van der Waals surface area contributed by atoms with E-state index >= 15 is 0 Å². The van der Waals surface area contributed by atoms with E-state index in [-0.39, 0.29) is 0 Å². The van der Waals surface area contributed by atoms with Crippen LogP contribution in [0.25, 0.3) is 0 Å². The van der Waals surface area contributed by atoms with Crippen molar-refractivity contribution >= 4 is 0 Å². The molecule has 3 unspecified atom stereocenters. The molecule has 2 nitrogen and oxygen atoms in total. The van der Waals surface area contributed by atoms with Crippen molar-refractivity contribution in [3.05, 3.63) is 35.9 Å². The van der Waals surface area contributed by atoms with Gasteiger partial charge in [0.2, 0.25) is 0 Å². The molecular formula is C19H30N2. The number of hydrogen-bond acceptors (Lipinski definition) is 2. The molecule has 2 heteroatoms. The van der Waals surface area contributed by atoms with E-state index in [2.05, 4.69) is 61.4 Å². The molecule has 1 N–H and O–H groups in total. The summed E-state index contributed by atoms with van der Waals surface area (Å²) < 4.78 is 0. The molecule has 0 bridgehead atoms. The Bertz CT molecular complexity index is 454. The molecule has 0 radical (unpaired) electrons. The fourth-order valence-electron chi connectivity index (χ4n) is 4.36. The van der Waals surface area contributed by atoms with Crippen molar-refractivity contribution in [2.75, 3.05) is 20.1 Å². The van der Waals surface area contributed by atoms with Gasteiger partial charge in [-0.15, -0.1) is 0 Å². The van der Waals surface area contributed by atoms with Crippen molar-refractivity contribution in [3.8, 4) is 0 Å². The summed E-state index contributed by atoms with van der Waals surface area (Å²) in [5.74, 6) is 0.730. The lowest BCUT2D eigenvalue weighted by molar-refractivity contribution is 0.0829. The standard InChI is InChI=1S/C19H30N2/c1-19(2)11-9-17(20-3)18(13-19)21-12-10-16(14-21)15-7-5-4-6-8-15/h4-8,16-18,20H,9-14H2,1-3H3. The zero-order chi connectivity index (χ0) is 14.9. The maximum Gasteiger partial charge on any atom is 0.0254 e. The van der Waals surface area contributed by atoms with Gasteiger partial charge in [-0.2, -0.15) is 0 Å². The van der Waals surface area contributed by atoms with Crippen LogP contribution in [-0.2, 0) is 0 Å². The summed E-state index contributed by atoms with van der Waals surface area (Å²) in [6, 6.07) is 12.5. The van der Waals surface area contributed by atoms with Gasteiger partial charge in [0.1, 0.15) is 0 Å². The summed E-state index contributed by atoms with van der Waals surface area (Å²) in [6.07, 6.45) is 5.32. The minimum atomic E-state index is 0.503. The predicted octanol–water partition coefficient (Wildman–Crippen LogP) is 3.64. The first-order valence-corrected chi connectivity index (χ1v) is 8.55. The molecular weight excluding hydrogens is 256 g/mol. The van der Waals surface area contributed by atoms with E-state index in [0.29, 0.717) is 17.5 Å². The lowest BCUT2D eigenvalue weighted by Gasteiger charge is -2.45. The summed E-state index contributed by atoms with van der Waals surface area (Å²) in [5, 5.41) is 3.58. The van der Waals surface area contributed by atoms with Crippen LogP contribution < -0.4 is 5.32 Å². The number of nitrogens with one attached hydrogen (secondary N) is 1. The second-order valence-corrected chi connectivity index (χ2v) is 7.76. The van der Waals surface area contributed by atoms with Crippen molar-refractivity contribution in [1.29, 1.82) is 0 Å². The third kappa shape index (κ3) is 3.32. The number of likely N-dealkylation sites (tertiary alicyclic amines) is 1. The molecule has 1 aliphatic carbocycles. The highest BCUT2D eigenvalue weighted by molar-refractivity contribution is 5.21. The number of benzene rings is 1. The molecule has 1 aliphatic heterocycles. The number of rotatable bonds is 3. The van der Waals surface area contributed by atoms with Crippen LogP contribution in [0.15, 0.2) is 30.3 Å². The molecule has 0 amide bonds. The minimum Gasteiger partial charge on any atom is -0.315 e. The van der Waals surface area contributed by atoms with E-state index in [1.54, 1.807) is 0 Å². The van der Waals surface area contributed by atoms with Crippen molar-refractivity contribution in [3.63, 3.8) is 0 Å². The van der Waals surface area contributed by atoms with Crippen LogP contribution in [0.5, 0.6) is 0 Å². The maximum absolute atomic E-state index is 3.58. The molecule has 1 saturated heterocycles. The molecule has 2 aliphatic rings. The van der Waals surface area contributed by atoms with Gasteiger partial charge in [0, 0.05) is 18.6 Å². The molecule has 21 heavy (non-hydrogen) atoms. The van der Waals surface area contributed by atoms with Crippen LogP contribution >= 0.6 is 0 Å². The molecule has 0 aromatic heterocycles. The highest BCUT2D eigenvalue weighted by Gasteiger charge is 2.39. The molecule has 1 aromatic carbocycles. The van der Waals surface area contributed by atoms with Crippen LogP contribution in [-0.4, -0.2) is 37.1 Å². The summed E-state index contributed by atoms with van der Waals surface area (Å²) in [5.41, 5.74) is 2.03. The summed E-state index contributed by atoms with van der Waals surface area (Å²) in [7, 11) is 2.14. The predicted molar refractivity (Wildman–Crippen MR) is 89.6 cm³/mol. The van der Waals surface area contributed by atoms with Crippen LogP contribution in [0, 0.1) is 5.41 Å². The molecule has 2 fully saturated rings. The molecule has 1 heterocycles. The molecule has 1 aromatic rings. The lowest BCUT2D eigenvalue weighted by atomic mass is 9.72. The largest absolute Gasteiger partial charge is 0.315 e. The van der Waals surface area contributed by atoms with Gasteiger partial charge < -0.3 is 5.32 Å². The first kappa shape index (κ1) is 15.1. The minimum absolute atomic E-state index is 0.503. The average Bonchev–Trinajstić information content (AvgIpc) is 2.97. The number of nitrogens with zero attached hydrogens (tertiary/aromatic N) is 1. The molecule has 116 valence electrons. The highest BCUT2D eigenvalue weighted by atomic mass is 15.2. The second kappa shape index (κ2) is 6.10. The fourth-order valence-corrected chi connectivity index (χ4v) is 4.36. The van der Waals surface area contributed by atoms with Crippen LogP contribution in [0.4, 0.5) is 0 Å². The zero-order valence-corrected chi connectivity index (χ0v) is 13.8. The van der Waals surface area contributed by atoms with E-state index in [9.17, 15) is 0 Å². The molecule has 3 atom stereocenters. The Morgan fingerprint density at radius 1 is 1.14 bits per heavy atom.